The van der Waals surface area contributed by atoms with E-state index < -0.39 is 0 Å². The fourth-order valence-corrected chi connectivity index (χ4v) is 5.76. The minimum Gasteiger partial charge on any atom is -0.379 e. The van der Waals surface area contributed by atoms with E-state index in [1.165, 1.54) is 4.88 Å². The van der Waals surface area contributed by atoms with Crippen molar-refractivity contribution >= 4 is 33.3 Å². The molecule has 1 saturated heterocycles. The van der Waals surface area contributed by atoms with Crippen molar-refractivity contribution in [2.75, 3.05) is 31.6 Å². The van der Waals surface area contributed by atoms with E-state index in [4.69, 9.17) is 19.8 Å². The van der Waals surface area contributed by atoms with Crippen LogP contribution in [-0.2, 0) is 11.3 Å². The summed E-state index contributed by atoms with van der Waals surface area (Å²) in [6.07, 6.45) is 0. The van der Waals surface area contributed by atoms with Crippen LogP contribution in [0.1, 0.15) is 16.1 Å². The molecule has 7 nitrogen and oxygen atoms in total. The lowest BCUT2D eigenvalue weighted by atomic mass is 10.1. The van der Waals surface area contributed by atoms with E-state index in [1.54, 1.807) is 11.3 Å². The van der Waals surface area contributed by atoms with Gasteiger partial charge in [-0.15, -0.1) is 0 Å². The van der Waals surface area contributed by atoms with Gasteiger partial charge in [0, 0.05) is 35.5 Å². The maximum atomic E-state index is 5.54. The number of ether oxygens (including phenoxy) is 1. The van der Waals surface area contributed by atoms with Gasteiger partial charge < -0.3 is 10.1 Å². The molecule has 0 unspecified atom stereocenters. The summed E-state index contributed by atoms with van der Waals surface area (Å²) in [4.78, 5) is 13.7. The molecule has 2 aromatic carbocycles. The van der Waals surface area contributed by atoms with Crippen molar-refractivity contribution in [2.45, 2.75) is 20.4 Å². The maximum Gasteiger partial charge on any atom is 0.189 e. The number of hydrogen-bond donors (Lipinski definition) is 1. The zero-order chi connectivity index (χ0) is 24.5. The molecule has 36 heavy (non-hydrogen) atoms. The summed E-state index contributed by atoms with van der Waals surface area (Å²) in [5.41, 5.74) is 6.09. The Morgan fingerprint density at radius 3 is 2.42 bits per heavy atom. The van der Waals surface area contributed by atoms with Crippen molar-refractivity contribution < 1.29 is 4.74 Å². The van der Waals surface area contributed by atoms with Crippen LogP contribution in [0, 0.1) is 13.8 Å². The first kappa shape index (κ1) is 22.8. The zero-order valence-corrected chi connectivity index (χ0v) is 21.3. The van der Waals surface area contributed by atoms with E-state index in [1.807, 2.05) is 48.0 Å². The number of para-hydroxylation sites is 1. The molecule has 4 heterocycles. The Balaban J connectivity index is 1.37. The molecule has 0 spiro atoms. The molecule has 0 saturated carbocycles. The number of benzene rings is 2. The topological polar surface area (TPSA) is 68.1 Å². The van der Waals surface area contributed by atoms with Crippen LogP contribution < -0.4 is 5.32 Å². The quantitative estimate of drug-likeness (QED) is 0.324. The summed E-state index contributed by atoms with van der Waals surface area (Å²) < 4.78 is 7.47. The number of aryl methyl sites for hydroxylation is 2. The van der Waals surface area contributed by atoms with Crippen LogP contribution in [0.5, 0.6) is 0 Å². The van der Waals surface area contributed by atoms with Crippen LogP contribution in [-0.4, -0.2) is 51.0 Å². The number of thiazole rings is 1. The molecular formula is C28H28N6OS. The lowest BCUT2D eigenvalue weighted by molar-refractivity contribution is 0.0347. The smallest absolute Gasteiger partial charge is 0.189 e. The van der Waals surface area contributed by atoms with Crippen LogP contribution in [0.4, 0.5) is 10.9 Å². The van der Waals surface area contributed by atoms with Crippen molar-refractivity contribution in [3.63, 3.8) is 0 Å². The van der Waals surface area contributed by atoms with Gasteiger partial charge in [-0.05, 0) is 37.6 Å². The number of rotatable bonds is 6. The number of pyridine rings is 1. The highest BCUT2D eigenvalue weighted by Gasteiger charge is 2.19. The van der Waals surface area contributed by atoms with Gasteiger partial charge in [0.2, 0.25) is 0 Å². The number of hydrogen-bond acceptors (Lipinski definition) is 7. The maximum absolute atomic E-state index is 5.54. The molecule has 1 fully saturated rings. The average molecular weight is 497 g/mol. The third-order valence-corrected chi connectivity index (χ3v) is 7.42. The van der Waals surface area contributed by atoms with Crippen LogP contribution in [0.3, 0.4) is 0 Å². The van der Waals surface area contributed by atoms with E-state index in [2.05, 4.69) is 47.5 Å². The first-order valence-electron chi connectivity index (χ1n) is 12.2. The first-order chi connectivity index (χ1) is 17.7. The van der Waals surface area contributed by atoms with Gasteiger partial charge in [-0.3, -0.25) is 4.90 Å². The van der Waals surface area contributed by atoms with Crippen molar-refractivity contribution in [1.82, 2.24) is 24.6 Å². The Morgan fingerprint density at radius 2 is 1.67 bits per heavy atom. The number of anilines is 2. The van der Waals surface area contributed by atoms with Crippen LogP contribution in [0.2, 0.25) is 0 Å². The Morgan fingerprint density at radius 1 is 0.944 bits per heavy atom. The Kier molecular flexibility index (Phi) is 6.23. The van der Waals surface area contributed by atoms with E-state index in [0.717, 1.165) is 83.0 Å². The summed E-state index contributed by atoms with van der Waals surface area (Å²) in [5.74, 6) is 0.767. The number of nitrogens with one attached hydrogen (secondary N) is 1. The van der Waals surface area contributed by atoms with E-state index in [-0.39, 0.29) is 0 Å². The Bertz CT molecular complexity index is 1490. The number of nitrogens with zero attached hydrogens (tertiary/aromatic N) is 5. The summed E-state index contributed by atoms with van der Waals surface area (Å²) in [6.45, 7) is 8.45. The molecular weight excluding hydrogens is 468 g/mol. The molecule has 0 radical (unpaired) electrons. The monoisotopic (exact) mass is 496 g/mol. The van der Waals surface area contributed by atoms with E-state index in [0.29, 0.717) is 0 Å². The molecule has 1 aliphatic rings. The second-order valence-electron chi connectivity index (χ2n) is 9.03. The summed E-state index contributed by atoms with van der Waals surface area (Å²) in [7, 11) is 0. The van der Waals surface area contributed by atoms with Gasteiger partial charge in [0.15, 0.2) is 10.8 Å². The molecule has 3 aromatic heterocycles. The number of fused-ring (bicyclic) bond motifs is 1. The van der Waals surface area contributed by atoms with Gasteiger partial charge in [0.25, 0.3) is 0 Å². The van der Waals surface area contributed by atoms with Gasteiger partial charge >= 0.3 is 0 Å². The molecule has 182 valence electrons. The summed E-state index contributed by atoms with van der Waals surface area (Å²) in [5, 5.41) is 10.2. The predicted octanol–water partition coefficient (Wildman–Crippen LogP) is 5.74. The SMILES string of the molecule is Cc1cc(Nc2nc(-c3ccccc3)c(CN3CCOCC3)s2)nc2c1c(C)nn2-c1ccccc1. The second-order valence-corrected chi connectivity index (χ2v) is 10.1. The number of morpholine rings is 1. The van der Waals surface area contributed by atoms with Gasteiger partial charge in [-0.25, -0.2) is 14.6 Å². The molecule has 1 N–H and O–H groups in total. The van der Waals surface area contributed by atoms with Crippen molar-refractivity contribution in [2.24, 2.45) is 0 Å². The standard InChI is InChI=1S/C28H28N6OS/c1-19-17-24(29-27-25(19)20(2)32-34(27)22-11-7-4-8-12-22)30-28-31-26(21-9-5-3-6-10-21)23(36-28)18-33-13-15-35-16-14-33/h3-12,17H,13-16,18H2,1-2H3,(H,29,30,31). The lowest BCUT2D eigenvalue weighted by Crippen LogP contribution is -2.35. The largest absolute Gasteiger partial charge is 0.379 e. The van der Waals surface area contributed by atoms with Crippen LogP contribution in [0.25, 0.3) is 28.0 Å². The third kappa shape index (κ3) is 4.51. The highest BCUT2D eigenvalue weighted by molar-refractivity contribution is 7.16. The zero-order valence-electron chi connectivity index (χ0n) is 20.4. The van der Waals surface area contributed by atoms with Gasteiger partial charge in [-0.1, -0.05) is 59.9 Å². The summed E-state index contributed by atoms with van der Waals surface area (Å²) >= 11 is 1.69. The molecule has 0 bridgehead atoms. The minimum absolute atomic E-state index is 0.767. The highest BCUT2D eigenvalue weighted by atomic mass is 32.1. The van der Waals surface area contributed by atoms with Gasteiger partial charge in [0.1, 0.15) is 5.82 Å². The molecule has 0 aliphatic carbocycles. The highest BCUT2D eigenvalue weighted by Crippen LogP contribution is 2.34. The Labute approximate surface area is 214 Å². The molecule has 0 amide bonds. The Hall–Kier alpha value is -3.59. The summed E-state index contributed by atoms with van der Waals surface area (Å²) in [6, 6.07) is 22.6. The van der Waals surface area contributed by atoms with Crippen molar-refractivity contribution in [3.8, 4) is 16.9 Å². The van der Waals surface area contributed by atoms with Crippen LogP contribution in [0.15, 0.2) is 66.7 Å². The molecule has 6 rings (SSSR count). The number of aromatic nitrogens is 4. The minimum atomic E-state index is 0.767. The van der Waals surface area contributed by atoms with E-state index >= 15 is 0 Å². The molecule has 5 aromatic rings. The van der Waals surface area contributed by atoms with Crippen molar-refractivity contribution in [3.05, 3.63) is 82.9 Å². The molecule has 0 atom stereocenters. The fourth-order valence-electron chi connectivity index (χ4n) is 4.72. The van der Waals surface area contributed by atoms with Gasteiger partial charge in [-0.2, -0.15) is 5.10 Å². The normalized spacial score (nSPS) is 14.4. The second kappa shape index (κ2) is 9.81. The van der Waals surface area contributed by atoms with Gasteiger partial charge in [0.05, 0.1) is 30.3 Å². The molecule has 8 heteroatoms. The molecule has 1 aliphatic heterocycles. The predicted molar refractivity (Wildman–Crippen MR) is 145 cm³/mol. The van der Waals surface area contributed by atoms with Crippen molar-refractivity contribution in [1.29, 1.82) is 0 Å². The van der Waals surface area contributed by atoms with E-state index in [9.17, 15) is 0 Å². The fraction of sp³-hybridized carbons (Fsp3) is 0.250. The van der Waals surface area contributed by atoms with Crippen LogP contribution >= 0.6 is 11.3 Å². The lowest BCUT2D eigenvalue weighted by Gasteiger charge is -2.26. The first-order valence-corrected chi connectivity index (χ1v) is 13.0. The average Bonchev–Trinajstić information content (AvgIpc) is 3.46. The third-order valence-electron chi connectivity index (χ3n) is 6.46.